The summed E-state index contributed by atoms with van der Waals surface area (Å²) in [6, 6.07) is 3.92. The van der Waals surface area contributed by atoms with Crippen LogP contribution in [0.1, 0.15) is 22.3 Å². The molecule has 156 valence electrons. The maximum Gasteiger partial charge on any atom is 0.573 e. The average molecular weight is 412 g/mol. The van der Waals surface area contributed by atoms with Crippen molar-refractivity contribution < 1.29 is 22.7 Å². The monoisotopic (exact) mass is 412 g/mol. The molecule has 29 heavy (non-hydrogen) atoms. The van der Waals surface area contributed by atoms with Gasteiger partial charge in [0.15, 0.2) is 5.78 Å². The van der Waals surface area contributed by atoms with E-state index < -0.39 is 23.4 Å². The van der Waals surface area contributed by atoms with Crippen LogP contribution in [-0.4, -0.2) is 34.4 Å². The first-order valence-corrected chi connectivity index (χ1v) is 8.72. The number of aryl methyl sites for hydroxylation is 1. The van der Waals surface area contributed by atoms with Crippen molar-refractivity contribution in [1.29, 1.82) is 0 Å². The molecule has 0 unspecified atom stereocenters. The van der Waals surface area contributed by atoms with E-state index in [0.29, 0.717) is 30.6 Å². The summed E-state index contributed by atoms with van der Waals surface area (Å²) >= 11 is 0. The van der Waals surface area contributed by atoms with Crippen molar-refractivity contribution in [2.24, 2.45) is 14.1 Å². The number of rotatable bonds is 4. The van der Waals surface area contributed by atoms with E-state index in [1.54, 1.807) is 4.90 Å². The van der Waals surface area contributed by atoms with E-state index in [-0.39, 0.29) is 23.7 Å². The number of Topliss-reactive ketones (excluding diaryl/α,β-unsaturated/α-hetero) is 1. The zero-order valence-corrected chi connectivity index (χ0v) is 15.7. The number of fused-ring (bicyclic) bond motifs is 1. The fourth-order valence-electron chi connectivity index (χ4n) is 3.39. The summed E-state index contributed by atoms with van der Waals surface area (Å²) in [5.74, 6) is -1.14. The molecule has 0 saturated heterocycles. The number of nitrogens with zero attached hydrogens (tertiary/aromatic N) is 3. The SMILES string of the molecule is Cn1c(N)c(C(=O)CN2CCCc3cc(OC(F)(F)F)ccc32)c(=O)n(C)c1=O. The highest BCUT2D eigenvalue weighted by molar-refractivity contribution is 6.02. The molecule has 1 aromatic heterocycles. The molecular weight excluding hydrogens is 393 g/mol. The fraction of sp³-hybridized carbons (Fsp3) is 0.389. The number of benzene rings is 1. The average Bonchev–Trinajstić information content (AvgIpc) is 2.63. The number of nitrogen functional groups attached to an aromatic ring is 1. The molecule has 0 bridgehead atoms. The van der Waals surface area contributed by atoms with Crippen LogP contribution in [0.3, 0.4) is 0 Å². The Balaban J connectivity index is 1.91. The minimum absolute atomic E-state index is 0.204. The Morgan fingerprint density at radius 3 is 2.55 bits per heavy atom. The first-order chi connectivity index (χ1) is 13.5. The van der Waals surface area contributed by atoms with Crippen molar-refractivity contribution >= 4 is 17.3 Å². The van der Waals surface area contributed by atoms with Gasteiger partial charge in [0.25, 0.3) is 5.56 Å². The number of ketones is 1. The third-order valence-corrected chi connectivity index (χ3v) is 4.82. The Hall–Kier alpha value is -3.24. The Labute approximate surface area is 162 Å². The molecule has 1 aliphatic rings. The van der Waals surface area contributed by atoms with Gasteiger partial charge in [0.2, 0.25) is 0 Å². The fourth-order valence-corrected chi connectivity index (χ4v) is 3.39. The summed E-state index contributed by atoms with van der Waals surface area (Å²) in [4.78, 5) is 38.8. The molecule has 0 spiro atoms. The number of aromatic nitrogens is 2. The van der Waals surface area contributed by atoms with Crippen LogP contribution in [0.25, 0.3) is 0 Å². The first-order valence-electron chi connectivity index (χ1n) is 8.72. The molecule has 3 rings (SSSR count). The molecule has 2 N–H and O–H groups in total. The second-order valence-electron chi connectivity index (χ2n) is 6.75. The normalized spacial score (nSPS) is 13.9. The summed E-state index contributed by atoms with van der Waals surface area (Å²) < 4.78 is 43.1. The number of hydrogen-bond acceptors (Lipinski definition) is 6. The van der Waals surface area contributed by atoms with Crippen LogP contribution in [0, 0.1) is 0 Å². The van der Waals surface area contributed by atoms with Crippen LogP contribution < -0.4 is 26.6 Å². The maximum absolute atomic E-state index is 12.8. The van der Waals surface area contributed by atoms with Crippen molar-refractivity contribution in [2.45, 2.75) is 19.2 Å². The molecule has 0 atom stereocenters. The lowest BCUT2D eigenvalue weighted by Crippen LogP contribution is -2.44. The highest BCUT2D eigenvalue weighted by Crippen LogP contribution is 2.32. The Bertz CT molecular complexity index is 1090. The highest BCUT2D eigenvalue weighted by Gasteiger charge is 2.32. The lowest BCUT2D eigenvalue weighted by Gasteiger charge is -2.31. The molecule has 2 aromatic rings. The van der Waals surface area contributed by atoms with E-state index in [4.69, 9.17) is 5.73 Å². The quantitative estimate of drug-likeness (QED) is 0.758. The molecule has 0 fully saturated rings. The van der Waals surface area contributed by atoms with E-state index in [2.05, 4.69) is 4.74 Å². The maximum atomic E-state index is 12.8. The van der Waals surface area contributed by atoms with E-state index in [9.17, 15) is 27.6 Å². The van der Waals surface area contributed by atoms with Crippen LogP contribution in [0.15, 0.2) is 27.8 Å². The van der Waals surface area contributed by atoms with Crippen LogP contribution in [-0.2, 0) is 20.5 Å². The number of carbonyl (C=O) groups is 1. The number of nitrogens with two attached hydrogens (primary N) is 1. The zero-order chi connectivity index (χ0) is 21.5. The number of carbonyl (C=O) groups excluding carboxylic acids is 1. The molecule has 0 radical (unpaired) electrons. The summed E-state index contributed by atoms with van der Waals surface area (Å²) in [6.07, 6.45) is -3.66. The van der Waals surface area contributed by atoms with Crippen molar-refractivity contribution in [3.05, 3.63) is 50.2 Å². The van der Waals surface area contributed by atoms with Crippen LogP contribution in [0.4, 0.5) is 24.7 Å². The molecule has 0 saturated carbocycles. The molecule has 11 heteroatoms. The van der Waals surface area contributed by atoms with Crippen LogP contribution in [0.2, 0.25) is 0 Å². The number of hydrogen-bond donors (Lipinski definition) is 1. The summed E-state index contributed by atoms with van der Waals surface area (Å²) in [5.41, 5.74) is 5.27. The Kier molecular flexibility index (Phi) is 5.16. The van der Waals surface area contributed by atoms with E-state index in [1.807, 2.05) is 0 Å². The lowest BCUT2D eigenvalue weighted by molar-refractivity contribution is -0.274. The zero-order valence-electron chi connectivity index (χ0n) is 15.7. The van der Waals surface area contributed by atoms with Gasteiger partial charge in [-0.05, 0) is 36.6 Å². The molecule has 0 aliphatic carbocycles. The third-order valence-electron chi connectivity index (χ3n) is 4.82. The second kappa shape index (κ2) is 7.30. The van der Waals surface area contributed by atoms with Gasteiger partial charge in [-0.3, -0.25) is 18.7 Å². The van der Waals surface area contributed by atoms with Crippen LogP contribution >= 0.6 is 0 Å². The third kappa shape index (κ3) is 3.98. The van der Waals surface area contributed by atoms with Crippen molar-refractivity contribution in [2.75, 3.05) is 23.7 Å². The van der Waals surface area contributed by atoms with Crippen molar-refractivity contribution in [3.63, 3.8) is 0 Å². The van der Waals surface area contributed by atoms with Gasteiger partial charge < -0.3 is 15.4 Å². The summed E-state index contributed by atoms with van der Waals surface area (Å²) in [7, 11) is 2.60. The number of halogens is 3. The molecule has 1 aromatic carbocycles. The molecule has 8 nitrogen and oxygen atoms in total. The molecule has 1 aliphatic heterocycles. The van der Waals surface area contributed by atoms with Gasteiger partial charge >= 0.3 is 12.1 Å². The Morgan fingerprint density at radius 1 is 1.21 bits per heavy atom. The highest BCUT2D eigenvalue weighted by atomic mass is 19.4. The van der Waals surface area contributed by atoms with Gasteiger partial charge in [-0.15, -0.1) is 13.2 Å². The largest absolute Gasteiger partial charge is 0.573 e. The van der Waals surface area contributed by atoms with Gasteiger partial charge in [-0.1, -0.05) is 0 Å². The van der Waals surface area contributed by atoms with Crippen LogP contribution in [0.5, 0.6) is 5.75 Å². The van der Waals surface area contributed by atoms with E-state index in [0.717, 1.165) is 9.13 Å². The van der Waals surface area contributed by atoms with Gasteiger partial charge in [-0.25, -0.2) is 4.79 Å². The standard InChI is InChI=1S/C18H19F3N4O4/c1-23-15(22)14(16(27)24(2)17(23)28)13(26)9-25-7-3-4-10-8-11(5-6-12(10)25)29-18(19,20)21/h5-6,8H,3-4,7,9,22H2,1-2H3. The number of ether oxygens (including phenoxy) is 1. The minimum atomic E-state index is -4.79. The van der Waals surface area contributed by atoms with E-state index in [1.165, 1.54) is 32.3 Å². The number of anilines is 2. The lowest BCUT2D eigenvalue weighted by atomic mass is 10.0. The topological polar surface area (TPSA) is 99.6 Å². The predicted octanol–water partition coefficient (Wildman–Crippen LogP) is 1.20. The summed E-state index contributed by atoms with van der Waals surface area (Å²) in [5, 5.41) is 0. The minimum Gasteiger partial charge on any atom is -0.406 e. The second-order valence-corrected chi connectivity index (χ2v) is 6.75. The van der Waals surface area contributed by atoms with Gasteiger partial charge in [0.1, 0.15) is 17.1 Å². The van der Waals surface area contributed by atoms with Crippen molar-refractivity contribution in [3.8, 4) is 5.75 Å². The Morgan fingerprint density at radius 2 is 1.90 bits per heavy atom. The number of alkyl halides is 3. The smallest absolute Gasteiger partial charge is 0.406 e. The van der Waals surface area contributed by atoms with Gasteiger partial charge in [0, 0.05) is 26.3 Å². The molecular formula is C18H19F3N4O4. The predicted molar refractivity (Wildman–Crippen MR) is 99.3 cm³/mol. The molecule has 0 amide bonds. The first kappa shape index (κ1) is 20.5. The van der Waals surface area contributed by atoms with Gasteiger partial charge in [0.05, 0.1) is 6.54 Å². The van der Waals surface area contributed by atoms with Crippen molar-refractivity contribution in [1.82, 2.24) is 9.13 Å². The van der Waals surface area contributed by atoms with Gasteiger partial charge in [-0.2, -0.15) is 0 Å². The van der Waals surface area contributed by atoms with E-state index >= 15 is 0 Å². The summed E-state index contributed by atoms with van der Waals surface area (Å²) in [6.45, 7) is 0.272. The molecule has 2 heterocycles.